The molecule has 2 heteroatoms. The second kappa shape index (κ2) is 3.62. The van der Waals surface area contributed by atoms with Gasteiger partial charge in [0.15, 0.2) is 0 Å². The van der Waals surface area contributed by atoms with E-state index in [-0.39, 0.29) is 0 Å². The highest BCUT2D eigenvalue weighted by atomic mass is 32.2. The van der Waals surface area contributed by atoms with Gasteiger partial charge in [-0.1, -0.05) is 18.3 Å². The van der Waals surface area contributed by atoms with E-state index in [4.69, 9.17) is 5.73 Å². The molecule has 0 aliphatic carbocycles. The van der Waals surface area contributed by atoms with Gasteiger partial charge in [-0.25, -0.2) is 0 Å². The van der Waals surface area contributed by atoms with E-state index in [1.807, 2.05) is 20.8 Å². The number of nitrogens with two attached hydrogens (primary N) is 1. The SMILES string of the molecule is C=C(C)SC(C)=C(C)N. The van der Waals surface area contributed by atoms with Gasteiger partial charge >= 0.3 is 0 Å². The molecule has 0 aliphatic rings. The number of allylic oxidation sites excluding steroid dienone is 3. The fourth-order valence-electron chi connectivity index (χ4n) is 0.342. The van der Waals surface area contributed by atoms with Crippen LogP contribution in [0.25, 0.3) is 0 Å². The van der Waals surface area contributed by atoms with Gasteiger partial charge in [0, 0.05) is 10.6 Å². The maximum atomic E-state index is 5.50. The highest BCUT2D eigenvalue weighted by molar-refractivity contribution is 8.06. The number of hydrogen-bond donors (Lipinski definition) is 1. The van der Waals surface area contributed by atoms with Gasteiger partial charge in [0.05, 0.1) is 0 Å². The van der Waals surface area contributed by atoms with Crippen LogP contribution < -0.4 is 5.73 Å². The van der Waals surface area contributed by atoms with Crippen LogP contribution in [-0.4, -0.2) is 0 Å². The van der Waals surface area contributed by atoms with Gasteiger partial charge in [0.1, 0.15) is 0 Å². The lowest BCUT2D eigenvalue weighted by molar-refractivity contribution is 1.28. The van der Waals surface area contributed by atoms with Crippen molar-refractivity contribution in [1.29, 1.82) is 0 Å². The van der Waals surface area contributed by atoms with Crippen LogP contribution in [0.5, 0.6) is 0 Å². The summed E-state index contributed by atoms with van der Waals surface area (Å²) in [4.78, 5) is 2.22. The molecule has 2 N–H and O–H groups in total. The molecule has 0 unspecified atom stereocenters. The van der Waals surface area contributed by atoms with E-state index in [0.29, 0.717) is 0 Å². The van der Waals surface area contributed by atoms with Gasteiger partial charge in [0.2, 0.25) is 0 Å². The fraction of sp³-hybridized carbons (Fsp3) is 0.429. The Kier molecular flexibility index (Phi) is 3.47. The number of thioether (sulfide) groups is 1. The molecule has 0 bridgehead atoms. The van der Waals surface area contributed by atoms with Crippen molar-refractivity contribution in [2.24, 2.45) is 5.73 Å². The lowest BCUT2D eigenvalue weighted by Gasteiger charge is -2.00. The molecule has 0 saturated heterocycles. The van der Waals surface area contributed by atoms with E-state index in [1.54, 1.807) is 11.8 Å². The first kappa shape index (κ1) is 8.63. The molecule has 0 heterocycles. The van der Waals surface area contributed by atoms with Crippen molar-refractivity contribution in [2.45, 2.75) is 20.8 Å². The Morgan fingerprint density at radius 1 is 1.33 bits per heavy atom. The van der Waals surface area contributed by atoms with Crippen molar-refractivity contribution in [2.75, 3.05) is 0 Å². The minimum atomic E-state index is 0.878. The predicted molar refractivity (Wildman–Crippen MR) is 45.0 cm³/mol. The van der Waals surface area contributed by atoms with Crippen LogP contribution in [0.3, 0.4) is 0 Å². The molecule has 0 amide bonds. The molecule has 52 valence electrons. The van der Waals surface area contributed by atoms with Crippen LogP contribution in [0.4, 0.5) is 0 Å². The van der Waals surface area contributed by atoms with E-state index < -0.39 is 0 Å². The molecule has 0 rings (SSSR count). The quantitative estimate of drug-likeness (QED) is 0.642. The molecule has 0 fully saturated rings. The maximum absolute atomic E-state index is 5.50. The summed E-state index contributed by atoms with van der Waals surface area (Å²) < 4.78 is 0. The molecule has 1 nitrogen and oxygen atoms in total. The molecule has 0 aromatic rings. The zero-order chi connectivity index (χ0) is 7.44. The van der Waals surface area contributed by atoms with E-state index in [2.05, 4.69) is 6.58 Å². The topological polar surface area (TPSA) is 26.0 Å². The molecular formula is C7H13NS. The van der Waals surface area contributed by atoms with Gasteiger partial charge in [0.25, 0.3) is 0 Å². The fourth-order valence-corrected chi connectivity index (χ4v) is 1.03. The minimum Gasteiger partial charge on any atom is -0.402 e. The van der Waals surface area contributed by atoms with Crippen LogP contribution in [0.2, 0.25) is 0 Å². The van der Waals surface area contributed by atoms with Gasteiger partial charge in [-0.15, -0.1) is 0 Å². The molecule has 0 spiro atoms. The minimum absolute atomic E-state index is 0.878. The second-order valence-corrected chi connectivity index (χ2v) is 3.56. The Bertz CT molecular complexity index is 143. The average molecular weight is 143 g/mol. The van der Waals surface area contributed by atoms with Crippen molar-refractivity contribution in [1.82, 2.24) is 0 Å². The van der Waals surface area contributed by atoms with Crippen molar-refractivity contribution >= 4 is 11.8 Å². The Balaban J connectivity index is 3.92. The molecule has 0 saturated carbocycles. The summed E-state index contributed by atoms with van der Waals surface area (Å²) in [5.74, 6) is 0. The average Bonchev–Trinajstić information content (AvgIpc) is 1.63. The normalized spacial score (nSPS) is 12.8. The summed E-state index contributed by atoms with van der Waals surface area (Å²) in [6, 6.07) is 0. The van der Waals surface area contributed by atoms with Crippen LogP contribution in [0.15, 0.2) is 22.1 Å². The number of rotatable bonds is 2. The maximum Gasteiger partial charge on any atom is 0.0146 e. The summed E-state index contributed by atoms with van der Waals surface area (Å²) in [5.41, 5.74) is 6.38. The summed E-state index contributed by atoms with van der Waals surface area (Å²) in [5, 5.41) is 0. The molecule has 0 aromatic heterocycles. The third kappa shape index (κ3) is 4.15. The first-order valence-corrected chi connectivity index (χ1v) is 3.62. The first-order valence-electron chi connectivity index (χ1n) is 2.80. The zero-order valence-corrected chi connectivity index (χ0v) is 7.01. The standard InChI is InChI=1S/C7H13NS/c1-5(2)9-7(4)6(3)8/h1,8H2,2-4H3. The Hall–Kier alpha value is -0.370. The molecule has 0 radical (unpaired) electrons. The molecule has 0 aliphatic heterocycles. The van der Waals surface area contributed by atoms with E-state index in [0.717, 1.165) is 15.5 Å². The summed E-state index contributed by atoms with van der Waals surface area (Å²) in [6.45, 7) is 9.61. The second-order valence-electron chi connectivity index (χ2n) is 2.04. The summed E-state index contributed by atoms with van der Waals surface area (Å²) in [7, 11) is 0. The van der Waals surface area contributed by atoms with Crippen LogP contribution in [0.1, 0.15) is 20.8 Å². The third-order valence-electron chi connectivity index (χ3n) is 0.883. The highest BCUT2D eigenvalue weighted by Crippen LogP contribution is 2.23. The monoisotopic (exact) mass is 143 g/mol. The summed E-state index contributed by atoms with van der Waals surface area (Å²) in [6.07, 6.45) is 0. The molecule has 0 atom stereocenters. The molecule has 9 heavy (non-hydrogen) atoms. The molecule has 0 aromatic carbocycles. The summed E-state index contributed by atoms with van der Waals surface area (Å²) >= 11 is 1.62. The predicted octanol–water partition coefficient (Wildman–Crippen LogP) is 2.46. The van der Waals surface area contributed by atoms with Gasteiger partial charge in [-0.3, -0.25) is 0 Å². The Morgan fingerprint density at radius 2 is 1.78 bits per heavy atom. The van der Waals surface area contributed by atoms with Crippen molar-refractivity contribution in [3.63, 3.8) is 0 Å². The largest absolute Gasteiger partial charge is 0.402 e. The molecular weight excluding hydrogens is 130 g/mol. The smallest absolute Gasteiger partial charge is 0.0146 e. The van der Waals surface area contributed by atoms with E-state index in [1.165, 1.54) is 0 Å². The van der Waals surface area contributed by atoms with Gasteiger partial charge < -0.3 is 5.73 Å². The van der Waals surface area contributed by atoms with Crippen molar-refractivity contribution in [3.8, 4) is 0 Å². The van der Waals surface area contributed by atoms with Gasteiger partial charge in [-0.2, -0.15) is 0 Å². The lowest BCUT2D eigenvalue weighted by Crippen LogP contribution is -1.92. The van der Waals surface area contributed by atoms with Gasteiger partial charge in [-0.05, 0) is 25.7 Å². The highest BCUT2D eigenvalue weighted by Gasteiger charge is 1.92. The van der Waals surface area contributed by atoms with E-state index >= 15 is 0 Å². The Morgan fingerprint density at radius 3 is 1.89 bits per heavy atom. The van der Waals surface area contributed by atoms with Crippen LogP contribution in [-0.2, 0) is 0 Å². The lowest BCUT2D eigenvalue weighted by atomic mass is 10.5. The third-order valence-corrected chi connectivity index (χ3v) is 1.86. The zero-order valence-electron chi connectivity index (χ0n) is 6.19. The van der Waals surface area contributed by atoms with Crippen LogP contribution in [0, 0.1) is 0 Å². The Labute approximate surface area is 61.0 Å². The number of hydrogen-bond acceptors (Lipinski definition) is 2. The van der Waals surface area contributed by atoms with Crippen LogP contribution >= 0.6 is 11.8 Å². The van der Waals surface area contributed by atoms with Crippen molar-refractivity contribution in [3.05, 3.63) is 22.1 Å². The first-order chi connectivity index (χ1) is 4.04. The van der Waals surface area contributed by atoms with E-state index in [9.17, 15) is 0 Å². The van der Waals surface area contributed by atoms with Crippen molar-refractivity contribution < 1.29 is 0 Å².